The molecule has 0 saturated heterocycles. The Morgan fingerprint density at radius 1 is 0.434 bits per heavy atom. The Labute approximate surface area is 310 Å². The van der Waals surface area contributed by atoms with Crippen LogP contribution in [0.5, 0.6) is 0 Å². The van der Waals surface area contributed by atoms with E-state index >= 15 is 0 Å². The van der Waals surface area contributed by atoms with E-state index < -0.39 is 0 Å². The van der Waals surface area contributed by atoms with Crippen LogP contribution in [-0.2, 0) is 5.41 Å². The maximum Gasteiger partial charge on any atom is 0.227 e. The minimum atomic E-state index is 0.0677. The van der Waals surface area contributed by atoms with Gasteiger partial charge in [-0.3, -0.25) is 0 Å². The molecule has 0 aliphatic carbocycles. The molecule has 9 rings (SSSR count). The van der Waals surface area contributed by atoms with E-state index in [-0.39, 0.29) is 5.41 Å². The maximum absolute atomic E-state index is 6.69. The molecule has 0 aliphatic rings. The molecule has 0 fully saturated rings. The Bertz CT molecular complexity index is 2680. The molecule has 3 heteroatoms. The van der Waals surface area contributed by atoms with E-state index in [4.69, 9.17) is 14.4 Å². The SMILES string of the molecule is CC(C)(C)c1ccc(-c2nc3cccc(-c4ccc5ccccc5c4-c4ccccc4-c4cc(-c5ccccc5)nc(-c5ccccc5)c4)c3o2)cc1. The molecule has 254 valence electrons. The first kappa shape index (κ1) is 32.3. The molecular formula is C50H38N2O. The number of rotatable bonds is 6. The fourth-order valence-electron chi connectivity index (χ4n) is 7.34. The summed E-state index contributed by atoms with van der Waals surface area (Å²) in [5.41, 5.74) is 14.6. The van der Waals surface area contributed by atoms with Crippen LogP contribution in [0.25, 0.3) is 89.2 Å². The fraction of sp³-hybridized carbons (Fsp3) is 0.0800. The summed E-state index contributed by atoms with van der Waals surface area (Å²) in [6, 6.07) is 62.0. The number of nitrogens with zero attached hydrogens (tertiary/aromatic N) is 2. The molecule has 9 aromatic rings. The van der Waals surface area contributed by atoms with E-state index in [2.05, 4.69) is 178 Å². The van der Waals surface area contributed by atoms with Gasteiger partial charge in [-0.2, -0.15) is 0 Å². The van der Waals surface area contributed by atoms with Gasteiger partial charge in [0.1, 0.15) is 5.52 Å². The topological polar surface area (TPSA) is 38.9 Å². The van der Waals surface area contributed by atoms with E-state index in [9.17, 15) is 0 Å². The third-order valence-electron chi connectivity index (χ3n) is 10.1. The molecule has 7 aromatic carbocycles. The smallest absolute Gasteiger partial charge is 0.227 e. The second-order valence-corrected chi connectivity index (χ2v) is 14.6. The van der Waals surface area contributed by atoms with Gasteiger partial charge < -0.3 is 4.42 Å². The minimum absolute atomic E-state index is 0.0677. The monoisotopic (exact) mass is 682 g/mol. The van der Waals surface area contributed by atoms with Crippen molar-refractivity contribution in [1.29, 1.82) is 0 Å². The molecule has 53 heavy (non-hydrogen) atoms. The molecule has 0 spiro atoms. The zero-order valence-corrected chi connectivity index (χ0v) is 30.0. The zero-order valence-electron chi connectivity index (χ0n) is 30.0. The number of oxazole rings is 1. The zero-order chi connectivity index (χ0) is 35.9. The second kappa shape index (κ2) is 13.2. The normalized spacial score (nSPS) is 11.7. The third-order valence-corrected chi connectivity index (χ3v) is 10.1. The summed E-state index contributed by atoms with van der Waals surface area (Å²) in [6.45, 7) is 6.68. The summed E-state index contributed by atoms with van der Waals surface area (Å²) in [7, 11) is 0. The summed E-state index contributed by atoms with van der Waals surface area (Å²) < 4.78 is 6.69. The van der Waals surface area contributed by atoms with Crippen molar-refractivity contribution in [3.8, 4) is 67.3 Å². The van der Waals surface area contributed by atoms with Crippen molar-refractivity contribution in [3.05, 3.63) is 181 Å². The molecule has 0 bridgehead atoms. The van der Waals surface area contributed by atoms with Crippen molar-refractivity contribution in [2.45, 2.75) is 26.2 Å². The Morgan fingerprint density at radius 3 is 1.72 bits per heavy atom. The van der Waals surface area contributed by atoms with Gasteiger partial charge in [0.2, 0.25) is 5.89 Å². The summed E-state index contributed by atoms with van der Waals surface area (Å²) in [6.07, 6.45) is 0. The Kier molecular flexibility index (Phi) is 8.05. The molecule has 0 amide bonds. The van der Waals surface area contributed by atoms with Crippen LogP contribution < -0.4 is 0 Å². The average molecular weight is 683 g/mol. The highest BCUT2D eigenvalue weighted by atomic mass is 16.3. The van der Waals surface area contributed by atoms with Gasteiger partial charge in [0, 0.05) is 22.3 Å². The second-order valence-electron chi connectivity index (χ2n) is 14.6. The quantitative estimate of drug-likeness (QED) is 0.175. The first-order valence-corrected chi connectivity index (χ1v) is 18.2. The fourth-order valence-corrected chi connectivity index (χ4v) is 7.34. The van der Waals surface area contributed by atoms with Crippen LogP contribution in [0.15, 0.2) is 180 Å². The van der Waals surface area contributed by atoms with E-state index in [0.717, 1.165) is 72.6 Å². The summed E-state index contributed by atoms with van der Waals surface area (Å²) >= 11 is 0. The Balaban J connectivity index is 1.26. The first-order chi connectivity index (χ1) is 25.9. The van der Waals surface area contributed by atoms with E-state index in [0.29, 0.717) is 5.89 Å². The van der Waals surface area contributed by atoms with Gasteiger partial charge in [0.05, 0.1) is 11.4 Å². The standard InChI is InChI=1S/C50H38N2O/c1-50(2,3)38-28-25-36(26-29-38)49-52-44-24-14-23-43(48(44)53-49)42-30-27-33-15-10-11-21-40(33)47(42)41-22-13-12-20-39(41)37-31-45(34-16-6-4-7-17-34)51-46(32-37)35-18-8-5-9-19-35/h4-32H,1-3H3. The van der Waals surface area contributed by atoms with Gasteiger partial charge in [-0.25, -0.2) is 9.97 Å². The molecule has 0 N–H and O–H groups in total. The number of benzene rings is 7. The van der Waals surface area contributed by atoms with Crippen LogP contribution >= 0.6 is 0 Å². The van der Waals surface area contributed by atoms with E-state index in [1.165, 1.54) is 16.3 Å². The van der Waals surface area contributed by atoms with Gasteiger partial charge in [-0.1, -0.05) is 166 Å². The highest BCUT2D eigenvalue weighted by Gasteiger charge is 2.21. The number of aromatic nitrogens is 2. The van der Waals surface area contributed by atoms with Crippen LogP contribution in [0.4, 0.5) is 0 Å². The van der Waals surface area contributed by atoms with Crippen LogP contribution in [0.2, 0.25) is 0 Å². The number of hydrogen-bond donors (Lipinski definition) is 0. The molecule has 0 atom stereocenters. The van der Waals surface area contributed by atoms with E-state index in [1.54, 1.807) is 0 Å². The highest BCUT2D eigenvalue weighted by molar-refractivity contribution is 6.10. The molecule has 2 aromatic heterocycles. The molecule has 0 radical (unpaired) electrons. The van der Waals surface area contributed by atoms with Crippen molar-refractivity contribution >= 4 is 21.9 Å². The highest BCUT2D eigenvalue weighted by Crippen LogP contribution is 2.45. The molecule has 3 nitrogen and oxygen atoms in total. The average Bonchev–Trinajstić information content (AvgIpc) is 3.66. The molecular weight excluding hydrogens is 645 g/mol. The molecule has 2 heterocycles. The minimum Gasteiger partial charge on any atom is -0.435 e. The van der Waals surface area contributed by atoms with Gasteiger partial charge in [0.15, 0.2) is 5.58 Å². The van der Waals surface area contributed by atoms with Crippen molar-refractivity contribution in [2.75, 3.05) is 0 Å². The predicted octanol–water partition coefficient (Wildman–Crippen LogP) is 13.7. The maximum atomic E-state index is 6.69. The van der Waals surface area contributed by atoms with Gasteiger partial charge in [-0.05, 0) is 79.9 Å². The number of para-hydroxylation sites is 1. The number of pyridine rings is 1. The molecule has 0 saturated carbocycles. The lowest BCUT2D eigenvalue weighted by Gasteiger charge is -2.19. The van der Waals surface area contributed by atoms with Crippen LogP contribution in [0.1, 0.15) is 26.3 Å². The van der Waals surface area contributed by atoms with Crippen molar-refractivity contribution < 1.29 is 4.42 Å². The number of hydrogen-bond acceptors (Lipinski definition) is 3. The Morgan fingerprint density at radius 2 is 1.04 bits per heavy atom. The lowest BCUT2D eigenvalue weighted by Crippen LogP contribution is -2.10. The van der Waals surface area contributed by atoms with Crippen molar-refractivity contribution in [2.24, 2.45) is 0 Å². The lowest BCUT2D eigenvalue weighted by atomic mass is 9.85. The predicted molar refractivity (Wildman–Crippen MR) is 221 cm³/mol. The third kappa shape index (κ3) is 6.11. The summed E-state index contributed by atoms with van der Waals surface area (Å²) in [5.74, 6) is 0.620. The Hall–Kier alpha value is -6.58. The lowest BCUT2D eigenvalue weighted by molar-refractivity contribution is 0.589. The largest absolute Gasteiger partial charge is 0.435 e. The van der Waals surface area contributed by atoms with Gasteiger partial charge in [-0.15, -0.1) is 0 Å². The van der Waals surface area contributed by atoms with Crippen LogP contribution in [-0.4, -0.2) is 9.97 Å². The molecule has 0 aliphatic heterocycles. The van der Waals surface area contributed by atoms with Crippen molar-refractivity contribution in [3.63, 3.8) is 0 Å². The van der Waals surface area contributed by atoms with Crippen LogP contribution in [0, 0.1) is 0 Å². The van der Waals surface area contributed by atoms with Gasteiger partial charge >= 0.3 is 0 Å². The van der Waals surface area contributed by atoms with Gasteiger partial charge in [0.25, 0.3) is 0 Å². The summed E-state index contributed by atoms with van der Waals surface area (Å²) in [4.78, 5) is 10.2. The van der Waals surface area contributed by atoms with Crippen LogP contribution in [0.3, 0.4) is 0 Å². The molecule has 0 unspecified atom stereocenters. The first-order valence-electron chi connectivity index (χ1n) is 18.2. The number of fused-ring (bicyclic) bond motifs is 2. The summed E-state index contributed by atoms with van der Waals surface area (Å²) in [5, 5.41) is 2.35. The van der Waals surface area contributed by atoms with E-state index in [1.807, 2.05) is 18.2 Å². The van der Waals surface area contributed by atoms with Crippen molar-refractivity contribution in [1.82, 2.24) is 9.97 Å².